The molecule has 9 aromatic rings. The molecule has 21 rings (SSSR count). The summed E-state index contributed by atoms with van der Waals surface area (Å²) in [5.41, 5.74) is 7.96. The zero-order valence-electron chi connectivity index (χ0n) is 76.1. The number of benzene rings is 6. The van der Waals surface area contributed by atoms with Gasteiger partial charge in [-0.2, -0.15) is 15.3 Å². The standard InChI is InChI=1S/C32H37N5O2.2C31H35N5O3/c1-21-7-9-27(29(38)34-21)37-26-10-8-23(24-5-4-6-25(28(24)26)30(37)39)17-22-18-33-36(19-22)32(3)13-15-35(16-14-32)20-31(2)11-12-31;2*1-30(10-11-30)19-34-14-12-31(2,13-15-34)35-18-20(17-32-35)16-21-6-7-24-27-22(21)4-3-5-23(27)29(39)36(24)25-8-9-26(37)33-28(25)38/h4-6,8,10,18-19,27H,1,7,9,11-17,20H2,2-3H3,(H,34,38);2*3-7,17-18,25H,8-16,19H2,1-2H3,(H,33,37,38)/i3D3;16D2,25D;1D3. The fraction of sp³-hybridized carbons (Fsp3) is 0.479. The Morgan fingerprint density at radius 3 is 1.26 bits per heavy atom. The van der Waals surface area contributed by atoms with Crippen molar-refractivity contribution in [3.05, 3.63) is 191 Å². The third-order valence-corrected chi connectivity index (χ3v) is 27.7. The van der Waals surface area contributed by atoms with E-state index in [1.165, 1.54) is 25.7 Å². The van der Waals surface area contributed by atoms with Crippen LogP contribution in [0.15, 0.2) is 140 Å². The molecule has 0 bridgehead atoms. The highest BCUT2D eigenvalue weighted by molar-refractivity contribution is 6.30. The van der Waals surface area contributed by atoms with Crippen LogP contribution in [0.2, 0.25) is 0 Å². The van der Waals surface area contributed by atoms with Gasteiger partial charge in [-0.05, 0) is 226 Å². The van der Waals surface area contributed by atoms with Crippen LogP contribution in [0.3, 0.4) is 0 Å². The molecule has 3 unspecified atom stereocenters. The monoisotopic (exact) mass is 1580 g/mol. The van der Waals surface area contributed by atoms with E-state index in [1.54, 1.807) is 63.3 Å². The number of hydrogen-bond acceptors (Lipinski definition) is 14. The number of likely N-dealkylation sites (tertiary alicyclic amines) is 3. The molecule has 6 saturated heterocycles. The van der Waals surface area contributed by atoms with Gasteiger partial charge in [0.2, 0.25) is 29.5 Å². The van der Waals surface area contributed by atoms with Gasteiger partial charge in [-0.25, -0.2) is 0 Å². The lowest BCUT2D eigenvalue weighted by molar-refractivity contribution is -0.135. The van der Waals surface area contributed by atoms with Crippen LogP contribution in [0.25, 0.3) is 32.3 Å². The second-order valence-corrected chi connectivity index (χ2v) is 36.7. The lowest BCUT2D eigenvalue weighted by atomic mass is 9.89. The van der Waals surface area contributed by atoms with Gasteiger partial charge in [0.25, 0.3) is 17.7 Å². The Labute approximate surface area is 695 Å². The maximum atomic E-state index is 13.6. The van der Waals surface area contributed by atoms with E-state index in [4.69, 9.17) is 14.7 Å². The Balaban J connectivity index is 0.000000123. The largest absolute Gasteiger partial charge is 0.329 e. The summed E-state index contributed by atoms with van der Waals surface area (Å²) >= 11 is 0. The zero-order valence-corrected chi connectivity index (χ0v) is 67.1. The summed E-state index contributed by atoms with van der Waals surface area (Å²) in [5.74, 6) is -3.10. The van der Waals surface area contributed by atoms with Crippen LogP contribution in [0.5, 0.6) is 0 Å². The molecule has 3 N–H and O–H groups in total. The highest BCUT2D eigenvalue weighted by atomic mass is 16.2. The molecule has 3 aromatic heterocycles. The topological polar surface area (TPSA) is 246 Å². The van der Waals surface area contributed by atoms with Gasteiger partial charge >= 0.3 is 0 Å². The molecule has 8 amide bonds. The molecular weight excluding hydrogens is 1470 g/mol. The van der Waals surface area contributed by atoms with Crippen molar-refractivity contribution >= 4 is 96.6 Å². The number of carbonyl (C=O) groups excluding carboxylic acids is 8. The molecule has 23 nitrogen and oxygen atoms in total. The number of rotatable bonds is 18. The van der Waals surface area contributed by atoms with Crippen LogP contribution < -0.4 is 30.7 Å². The van der Waals surface area contributed by atoms with Crippen LogP contribution >= 0.6 is 0 Å². The van der Waals surface area contributed by atoms with Gasteiger partial charge in [-0.15, -0.1) is 0 Å². The van der Waals surface area contributed by atoms with Crippen molar-refractivity contribution in [2.45, 2.75) is 211 Å². The summed E-state index contributed by atoms with van der Waals surface area (Å²) in [6, 6.07) is 24.4. The highest BCUT2D eigenvalue weighted by Gasteiger charge is 2.48. The minimum absolute atomic E-state index is 0.0422. The van der Waals surface area contributed by atoms with Crippen LogP contribution in [-0.4, -0.2) is 168 Å². The van der Waals surface area contributed by atoms with Crippen LogP contribution in [0, 0.1) is 16.2 Å². The average Bonchev–Trinajstić information content (AvgIpc) is 1.53. The highest BCUT2D eigenvalue weighted by Crippen LogP contribution is 2.51. The number of piperidine rings is 6. The van der Waals surface area contributed by atoms with Gasteiger partial charge in [0, 0.05) is 159 Å². The number of aromatic nitrogens is 6. The van der Waals surface area contributed by atoms with Gasteiger partial charge in [0.05, 0.1) is 53.6 Å². The lowest BCUT2D eigenvalue weighted by Gasteiger charge is -2.40. The fourth-order valence-corrected chi connectivity index (χ4v) is 19.6. The predicted molar refractivity (Wildman–Crippen MR) is 450 cm³/mol. The van der Waals surface area contributed by atoms with Crippen molar-refractivity contribution in [3.8, 4) is 0 Å². The van der Waals surface area contributed by atoms with E-state index in [-0.39, 0.29) is 54.0 Å². The molecule has 23 heteroatoms. The first-order chi connectivity index (χ1) is 59.8. The number of carbonyl (C=O) groups is 8. The first-order valence-electron chi connectivity index (χ1n) is 46.5. The minimum atomic E-state index is -2.17. The molecule has 12 aliphatic rings. The van der Waals surface area contributed by atoms with Crippen LogP contribution in [0.4, 0.5) is 17.1 Å². The SMILES string of the molecule is [2H]C([2H])([2H])C1(CN2CCC(C)(n3cc(Cc4ccc5c6c(cccc46)C(=O)N5C4CCC(=O)NC4=O)cn3)CC2)CC1.[2H]C([2H])([2H])C1(n2cc(Cc3ccc4c5c(cccc35)C(=O)N4C3CCC(=C)NC3=O)cn2)CCN(CC2(C)CC2)CC1.[2H]C([2H])(c1cnn(C2(C)CCN(CC3(C)CC3)CC2)c1)c1ccc2c3c(cccc13)C(=O)N2C1([2H])CCC(=O)NC1=O. The first-order valence-corrected chi connectivity index (χ1v) is 42.0. The number of imide groups is 2. The molecule has 9 aliphatic heterocycles. The lowest BCUT2D eigenvalue weighted by Crippen LogP contribution is -2.53. The smallest absolute Gasteiger partial charge is 0.259 e. The summed E-state index contributed by atoms with van der Waals surface area (Å²) in [4.78, 5) is 114. The number of hydrogen-bond donors (Lipinski definition) is 3. The van der Waals surface area contributed by atoms with Gasteiger partial charge in [-0.1, -0.05) is 81.9 Å². The molecule has 0 spiro atoms. The Morgan fingerprint density at radius 2 is 0.812 bits per heavy atom. The third kappa shape index (κ3) is 14.4. The van der Waals surface area contributed by atoms with E-state index in [9.17, 15) is 41.1 Å². The van der Waals surface area contributed by atoms with Crippen molar-refractivity contribution in [1.29, 1.82) is 0 Å². The molecule has 9 fully saturated rings. The molecule has 606 valence electrons. The zero-order chi connectivity index (χ0) is 88.5. The van der Waals surface area contributed by atoms with Gasteiger partial charge in [0.1, 0.15) is 18.1 Å². The molecule has 6 aromatic carbocycles. The second-order valence-electron chi connectivity index (χ2n) is 36.7. The van der Waals surface area contributed by atoms with E-state index < -0.39 is 72.8 Å². The predicted octanol–water partition coefficient (Wildman–Crippen LogP) is 13.0. The molecular formula is C94H107N15O8. The number of nitrogens with one attached hydrogen (secondary N) is 3. The van der Waals surface area contributed by atoms with Gasteiger partial charge in [0.15, 0.2) is 0 Å². The first kappa shape index (κ1) is 66.5. The number of allylic oxidation sites excluding steroid dienone is 1. The Hall–Kier alpha value is -10.5. The van der Waals surface area contributed by atoms with Crippen molar-refractivity contribution in [2.75, 3.05) is 73.6 Å². The number of anilines is 3. The summed E-state index contributed by atoms with van der Waals surface area (Å²) in [6.07, 6.45) is 23.5. The molecule has 117 heavy (non-hydrogen) atoms. The normalized spacial score (nSPS) is 26.0. The van der Waals surface area contributed by atoms with E-state index in [0.717, 1.165) is 145 Å². The number of nitrogens with zero attached hydrogens (tertiary/aromatic N) is 12. The van der Waals surface area contributed by atoms with Gasteiger partial charge in [-0.3, -0.25) is 77.7 Å². The van der Waals surface area contributed by atoms with Crippen molar-refractivity contribution in [2.24, 2.45) is 16.2 Å². The van der Waals surface area contributed by atoms with Crippen LogP contribution in [0.1, 0.15) is 234 Å². The molecule has 3 atom stereocenters. The van der Waals surface area contributed by atoms with Crippen molar-refractivity contribution in [1.82, 2.24) is 60.0 Å². The summed E-state index contributed by atoms with van der Waals surface area (Å²) < 4.78 is 82.4. The van der Waals surface area contributed by atoms with Crippen molar-refractivity contribution < 1.29 is 50.7 Å². The van der Waals surface area contributed by atoms with Crippen molar-refractivity contribution in [3.63, 3.8) is 0 Å². The molecule has 3 saturated carbocycles. The van der Waals surface area contributed by atoms with E-state index >= 15 is 0 Å². The minimum Gasteiger partial charge on any atom is -0.329 e. The van der Waals surface area contributed by atoms with E-state index in [2.05, 4.69) is 86.0 Å². The number of amides is 8. The Bertz CT molecular complexity index is 6030. The Morgan fingerprint density at radius 1 is 0.427 bits per heavy atom. The molecule has 12 heterocycles. The van der Waals surface area contributed by atoms with E-state index in [1.807, 2.05) is 77.9 Å². The molecule has 0 radical (unpaired) electrons. The third-order valence-electron chi connectivity index (χ3n) is 27.7. The van der Waals surface area contributed by atoms with Gasteiger partial charge < -0.3 is 20.0 Å². The molecule has 3 aliphatic carbocycles. The van der Waals surface area contributed by atoms with Crippen LogP contribution in [-0.2, 0) is 59.8 Å². The van der Waals surface area contributed by atoms with E-state index in [0.29, 0.717) is 118 Å². The summed E-state index contributed by atoms with van der Waals surface area (Å²) in [5, 5.41) is 26.1. The Kier molecular flexibility index (Phi) is 16.5. The summed E-state index contributed by atoms with van der Waals surface area (Å²) in [6.45, 7) is 17.0. The fourth-order valence-electron chi connectivity index (χ4n) is 19.6. The second kappa shape index (κ2) is 29.0. The average molecular weight is 1580 g/mol. The summed E-state index contributed by atoms with van der Waals surface area (Å²) in [7, 11) is 0. The maximum Gasteiger partial charge on any atom is 0.259 e. The quantitative estimate of drug-likeness (QED) is 0.0677. The maximum absolute atomic E-state index is 13.6.